The van der Waals surface area contributed by atoms with Crippen LogP contribution in [0.3, 0.4) is 0 Å². The maximum Gasteiger partial charge on any atom is 0.120 e. The van der Waals surface area contributed by atoms with Crippen LogP contribution < -0.4 is 9.47 Å². The first-order valence-electron chi connectivity index (χ1n) is 5.84. The summed E-state index contributed by atoms with van der Waals surface area (Å²) in [6.45, 7) is 0.602. The number of hydrogen-bond acceptors (Lipinski definition) is 4. The zero-order valence-corrected chi connectivity index (χ0v) is 10.0. The van der Waals surface area contributed by atoms with Crippen molar-refractivity contribution < 1.29 is 19.7 Å². The maximum absolute atomic E-state index is 8.70. The van der Waals surface area contributed by atoms with Gasteiger partial charge in [0.1, 0.15) is 24.7 Å². The standard InChI is InChI=1S/C14H16O4/c15-5-7-17-13-3-1-11-9-14(18-8-6-16)4-2-12(11)10-13/h1-4,9-10,15-16H,5-8H2. The molecule has 0 aliphatic rings. The molecule has 2 aromatic carbocycles. The molecule has 0 radical (unpaired) electrons. The monoisotopic (exact) mass is 248 g/mol. The molecule has 4 nitrogen and oxygen atoms in total. The molecule has 0 fully saturated rings. The molecular weight excluding hydrogens is 232 g/mol. The third-order valence-electron chi connectivity index (χ3n) is 2.50. The molecule has 0 saturated heterocycles. The Morgan fingerprint density at radius 1 is 0.722 bits per heavy atom. The minimum absolute atomic E-state index is 0.00593. The van der Waals surface area contributed by atoms with E-state index in [-0.39, 0.29) is 13.2 Å². The zero-order valence-electron chi connectivity index (χ0n) is 10.0. The Bertz CT molecular complexity index is 463. The molecule has 0 atom stereocenters. The van der Waals surface area contributed by atoms with Crippen LogP contribution in [-0.2, 0) is 0 Å². The lowest BCUT2D eigenvalue weighted by Gasteiger charge is -2.08. The summed E-state index contributed by atoms with van der Waals surface area (Å²) in [4.78, 5) is 0. The van der Waals surface area contributed by atoms with E-state index < -0.39 is 0 Å². The van der Waals surface area contributed by atoms with Gasteiger partial charge in [0.25, 0.3) is 0 Å². The quantitative estimate of drug-likeness (QED) is 0.815. The third kappa shape index (κ3) is 3.12. The molecular formula is C14H16O4. The van der Waals surface area contributed by atoms with Gasteiger partial charge < -0.3 is 19.7 Å². The predicted molar refractivity (Wildman–Crippen MR) is 69.1 cm³/mol. The summed E-state index contributed by atoms with van der Waals surface area (Å²) in [5.41, 5.74) is 0. The molecule has 18 heavy (non-hydrogen) atoms. The van der Waals surface area contributed by atoms with Gasteiger partial charge in [-0.1, -0.05) is 12.1 Å². The fraction of sp³-hybridized carbons (Fsp3) is 0.286. The van der Waals surface area contributed by atoms with Gasteiger partial charge in [0.2, 0.25) is 0 Å². The number of rotatable bonds is 6. The molecule has 0 bridgehead atoms. The number of fused-ring (bicyclic) bond motifs is 1. The van der Waals surface area contributed by atoms with Gasteiger partial charge in [-0.2, -0.15) is 0 Å². The Balaban J connectivity index is 2.19. The molecule has 2 rings (SSSR count). The SMILES string of the molecule is OCCOc1ccc2cc(OCCO)ccc2c1. The number of aliphatic hydroxyl groups excluding tert-OH is 2. The Hall–Kier alpha value is -1.78. The number of aliphatic hydroxyl groups is 2. The molecule has 2 N–H and O–H groups in total. The minimum Gasteiger partial charge on any atom is -0.491 e. The van der Waals surface area contributed by atoms with Crippen molar-refractivity contribution in [1.82, 2.24) is 0 Å². The second-order valence-electron chi connectivity index (χ2n) is 3.81. The van der Waals surface area contributed by atoms with Crippen molar-refractivity contribution >= 4 is 10.8 Å². The number of ether oxygens (including phenoxy) is 2. The van der Waals surface area contributed by atoms with E-state index in [1.807, 2.05) is 36.4 Å². The van der Waals surface area contributed by atoms with Gasteiger partial charge in [0.05, 0.1) is 13.2 Å². The molecule has 0 aliphatic heterocycles. The van der Waals surface area contributed by atoms with Crippen molar-refractivity contribution in [3.05, 3.63) is 36.4 Å². The normalized spacial score (nSPS) is 10.6. The van der Waals surface area contributed by atoms with Crippen molar-refractivity contribution in [1.29, 1.82) is 0 Å². The van der Waals surface area contributed by atoms with Crippen LogP contribution in [0.2, 0.25) is 0 Å². The average Bonchev–Trinajstić information content (AvgIpc) is 2.42. The number of benzene rings is 2. The lowest BCUT2D eigenvalue weighted by molar-refractivity contribution is 0.201. The fourth-order valence-corrected chi connectivity index (χ4v) is 1.71. The van der Waals surface area contributed by atoms with E-state index in [9.17, 15) is 0 Å². The summed E-state index contributed by atoms with van der Waals surface area (Å²) in [6.07, 6.45) is 0. The van der Waals surface area contributed by atoms with Crippen LogP contribution in [0.15, 0.2) is 36.4 Å². The first-order valence-corrected chi connectivity index (χ1v) is 5.84. The van der Waals surface area contributed by atoms with Crippen LogP contribution >= 0.6 is 0 Å². The zero-order chi connectivity index (χ0) is 12.8. The van der Waals surface area contributed by atoms with Crippen LogP contribution in [0.1, 0.15) is 0 Å². The molecule has 96 valence electrons. The molecule has 0 saturated carbocycles. The van der Waals surface area contributed by atoms with Crippen molar-refractivity contribution in [3.8, 4) is 11.5 Å². The van der Waals surface area contributed by atoms with Gasteiger partial charge in [-0.05, 0) is 35.0 Å². The summed E-state index contributed by atoms with van der Waals surface area (Å²) in [5, 5.41) is 19.5. The van der Waals surface area contributed by atoms with Gasteiger partial charge in [-0.25, -0.2) is 0 Å². The van der Waals surface area contributed by atoms with E-state index in [1.54, 1.807) is 0 Å². The van der Waals surface area contributed by atoms with Gasteiger partial charge in [0.15, 0.2) is 0 Å². The van der Waals surface area contributed by atoms with E-state index in [0.29, 0.717) is 13.2 Å². The van der Waals surface area contributed by atoms with Crippen LogP contribution in [0, 0.1) is 0 Å². The van der Waals surface area contributed by atoms with Crippen LogP contribution in [-0.4, -0.2) is 36.6 Å². The summed E-state index contributed by atoms with van der Waals surface area (Å²) >= 11 is 0. The molecule has 0 amide bonds. The van der Waals surface area contributed by atoms with Gasteiger partial charge >= 0.3 is 0 Å². The largest absolute Gasteiger partial charge is 0.491 e. The van der Waals surface area contributed by atoms with E-state index >= 15 is 0 Å². The smallest absolute Gasteiger partial charge is 0.120 e. The Kier molecular flexibility index (Phi) is 4.39. The van der Waals surface area contributed by atoms with E-state index in [1.165, 1.54) is 0 Å². The molecule has 0 aromatic heterocycles. The summed E-state index contributed by atoms with van der Waals surface area (Å²) in [6, 6.07) is 11.4. The lowest BCUT2D eigenvalue weighted by Crippen LogP contribution is -2.02. The second kappa shape index (κ2) is 6.23. The van der Waals surface area contributed by atoms with Crippen molar-refractivity contribution in [2.45, 2.75) is 0 Å². The van der Waals surface area contributed by atoms with Crippen molar-refractivity contribution in [2.24, 2.45) is 0 Å². The lowest BCUT2D eigenvalue weighted by atomic mass is 10.1. The molecule has 2 aromatic rings. The fourth-order valence-electron chi connectivity index (χ4n) is 1.71. The first kappa shape index (κ1) is 12.7. The molecule has 0 aliphatic carbocycles. The van der Waals surface area contributed by atoms with E-state index in [0.717, 1.165) is 22.3 Å². The Morgan fingerprint density at radius 2 is 1.17 bits per heavy atom. The minimum atomic E-state index is 0.00593. The highest BCUT2D eigenvalue weighted by atomic mass is 16.5. The van der Waals surface area contributed by atoms with Crippen molar-refractivity contribution in [3.63, 3.8) is 0 Å². The molecule has 0 unspecified atom stereocenters. The molecule has 0 heterocycles. The molecule has 0 spiro atoms. The van der Waals surface area contributed by atoms with Crippen LogP contribution in [0.4, 0.5) is 0 Å². The maximum atomic E-state index is 8.70. The third-order valence-corrected chi connectivity index (χ3v) is 2.50. The van der Waals surface area contributed by atoms with E-state index in [4.69, 9.17) is 19.7 Å². The highest BCUT2D eigenvalue weighted by Crippen LogP contribution is 2.24. The Labute approximate surface area is 105 Å². The highest BCUT2D eigenvalue weighted by Gasteiger charge is 2.00. The van der Waals surface area contributed by atoms with Gasteiger partial charge in [-0.3, -0.25) is 0 Å². The second-order valence-corrected chi connectivity index (χ2v) is 3.81. The molecule has 4 heteroatoms. The van der Waals surface area contributed by atoms with Gasteiger partial charge in [-0.15, -0.1) is 0 Å². The number of hydrogen-bond donors (Lipinski definition) is 2. The summed E-state index contributed by atoms with van der Waals surface area (Å²) < 4.78 is 10.7. The first-order chi connectivity index (χ1) is 8.83. The van der Waals surface area contributed by atoms with Crippen molar-refractivity contribution in [2.75, 3.05) is 26.4 Å². The predicted octanol–water partition coefficient (Wildman–Crippen LogP) is 1.58. The summed E-state index contributed by atoms with van der Waals surface area (Å²) in [5.74, 6) is 1.47. The summed E-state index contributed by atoms with van der Waals surface area (Å²) in [7, 11) is 0. The van der Waals surface area contributed by atoms with Crippen LogP contribution in [0.5, 0.6) is 11.5 Å². The highest BCUT2D eigenvalue weighted by molar-refractivity contribution is 5.85. The average molecular weight is 248 g/mol. The topological polar surface area (TPSA) is 58.9 Å². The van der Waals surface area contributed by atoms with E-state index in [2.05, 4.69) is 0 Å². The van der Waals surface area contributed by atoms with Crippen LogP contribution in [0.25, 0.3) is 10.8 Å². The van der Waals surface area contributed by atoms with Gasteiger partial charge in [0, 0.05) is 0 Å². The Morgan fingerprint density at radius 3 is 1.56 bits per heavy atom.